The lowest BCUT2D eigenvalue weighted by Gasteiger charge is -2.14. The topological polar surface area (TPSA) is 66.4 Å². The third-order valence-corrected chi connectivity index (χ3v) is 2.00. The summed E-state index contributed by atoms with van der Waals surface area (Å²) >= 11 is 0. The van der Waals surface area contributed by atoms with Gasteiger partial charge in [-0.2, -0.15) is 0 Å². The van der Waals surface area contributed by atoms with Crippen molar-refractivity contribution in [2.75, 3.05) is 0 Å². The van der Waals surface area contributed by atoms with Gasteiger partial charge in [0.05, 0.1) is 0 Å². The molecule has 0 fully saturated rings. The van der Waals surface area contributed by atoms with Gasteiger partial charge in [0, 0.05) is 12.8 Å². The van der Waals surface area contributed by atoms with Crippen molar-refractivity contribution in [1.82, 2.24) is 5.32 Å². The van der Waals surface area contributed by atoms with E-state index in [2.05, 4.69) is 5.32 Å². The fourth-order valence-electron chi connectivity index (χ4n) is 1.09. The van der Waals surface area contributed by atoms with Gasteiger partial charge in [0.15, 0.2) is 0 Å². The van der Waals surface area contributed by atoms with Crippen molar-refractivity contribution in [2.45, 2.75) is 45.6 Å². The van der Waals surface area contributed by atoms with Crippen LogP contribution in [0.4, 0.5) is 8.78 Å². The minimum atomic E-state index is -2.74. The number of carbonyl (C=O) groups excluding carboxylic acids is 1. The van der Waals surface area contributed by atoms with Gasteiger partial charge in [-0.1, -0.05) is 13.8 Å². The van der Waals surface area contributed by atoms with Gasteiger partial charge >= 0.3 is 5.97 Å². The maximum absolute atomic E-state index is 12.0. The molecule has 1 atom stereocenters. The fourth-order valence-corrected chi connectivity index (χ4v) is 1.09. The number of carbonyl (C=O) groups is 2. The zero-order valence-corrected chi connectivity index (χ0v) is 9.37. The van der Waals surface area contributed by atoms with Gasteiger partial charge in [0.1, 0.15) is 6.04 Å². The van der Waals surface area contributed by atoms with E-state index >= 15 is 0 Å². The van der Waals surface area contributed by atoms with E-state index in [0.29, 0.717) is 12.3 Å². The Hall–Kier alpha value is -1.20. The number of carboxylic acid groups (broad SMARTS) is 1. The Kier molecular flexibility index (Phi) is 6.60. The molecule has 0 aliphatic rings. The van der Waals surface area contributed by atoms with Gasteiger partial charge < -0.3 is 10.4 Å². The van der Waals surface area contributed by atoms with Crippen LogP contribution < -0.4 is 5.32 Å². The molecule has 0 bridgehead atoms. The molecule has 0 aromatic carbocycles. The molecule has 0 aliphatic carbocycles. The van der Waals surface area contributed by atoms with Crippen LogP contribution in [0.15, 0.2) is 0 Å². The van der Waals surface area contributed by atoms with Crippen molar-refractivity contribution in [3.05, 3.63) is 0 Å². The Balaban J connectivity index is 4.08. The molecule has 6 heteroatoms. The maximum Gasteiger partial charge on any atom is 0.326 e. The van der Waals surface area contributed by atoms with Crippen molar-refractivity contribution in [1.29, 1.82) is 0 Å². The number of carboxylic acids is 1. The monoisotopic (exact) mass is 237 g/mol. The first-order valence-electron chi connectivity index (χ1n) is 5.13. The number of nitrogens with one attached hydrogen (secondary N) is 1. The number of rotatable bonds is 7. The van der Waals surface area contributed by atoms with Gasteiger partial charge in [0.25, 0.3) is 0 Å². The summed E-state index contributed by atoms with van der Waals surface area (Å²) in [5, 5.41) is 10.7. The van der Waals surface area contributed by atoms with Gasteiger partial charge in [-0.25, -0.2) is 13.6 Å². The van der Waals surface area contributed by atoms with Gasteiger partial charge in [-0.05, 0) is 12.3 Å². The van der Waals surface area contributed by atoms with Crippen LogP contribution in [0.1, 0.15) is 33.1 Å². The minimum Gasteiger partial charge on any atom is -0.480 e. The van der Waals surface area contributed by atoms with Crippen LogP contribution >= 0.6 is 0 Å². The average Bonchev–Trinajstić information content (AvgIpc) is 2.12. The Morgan fingerprint density at radius 3 is 2.25 bits per heavy atom. The third kappa shape index (κ3) is 7.14. The molecule has 1 unspecified atom stereocenters. The number of alkyl halides is 2. The van der Waals surface area contributed by atoms with E-state index in [1.54, 1.807) is 0 Å². The molecule has 0 spiro atoms. The van der Waals surface area contributed by atoms with Crippen molar-refractivity contribution in [3.8, 4) is 0 Å². The molecule has 94 valence electrons. The van der Waals surface area contributed by atoms with E-state index < -0.39 is 30.8 Å². The average molecular weight is 237 g/mol. The molecule has 2 N–H and O–H groups in total. The Morgan fingerprint density at radius 2 is 1.88 bits per heavy atom. The van der Waals surface area contributed by atoms with Crippen LogP contribution in [0.3, 0.4) is 0 Å². The summed E-state index contributed by atoms with van der Waals surface area (Å²) in [5.74, 6) is -1.62. The highest BCUT2D eigenvalue weighted by atomic mass is 19.3. The first kappa shape index (κ1) is 14.8. The van der Waals surface area contributed by atoms with Gasteiger partial charge in [-0.15, -0.1) is 0 Å². The molecule has 0 radical (unpaired) electrons. The third-order valence-electron chi connectivity index (χ3n) is 2.00. The molecule has 16 heavy (non-hydrogen) atoms. The first-order chi connectivity index (χ1) is 7.32. The predicted molar refractivity (Wildman–Crippen MR) is 54.3 cm³/mol. The molecular weight excluding hydrogens is 220 g/mol. The van der Waals surface area contributed by atoms with Crippen LogP contribution in [0, 0.1) is 5.92 Å². The summed E-state index contributed by atoms with van der Waals surface area (Å²) in [5.41, 5.74) is 0. The lowest BCUT2D eigenvalue weighted by molar-refractivity contribution is -0.143. The van der Waals surface area contributed by atoms with Crippen LogP contribution in [-0.2, 0) is 9.59 Å². The van der Waals surface area contributed by atoms with Crippen molar-refractivity contribution in [3.63, 3.8) is 0 Å². The van der Waals surface area contributed by atoms with E-state index in [1.165, 1.54) is 0 Å². The summed E-state index contributed by atoms with van der Waals surface area (Å²) in [7, 11) is 0. The number of hydrogen-bond acceptors (Lipinski definition) is 2. The summed E-state index contributed by atoms with van der Waals surface area (Å²) in [6.45, 7) is 3.84. The van der Waals surface area contributed by atoms with Crippen molar-refractivity contribution >= 4 is 11.9 Å². The lowest BCUT2D eigenvalue weighted by Crippen LogP contribution is -2.42. The van der Waals surface area contributed by atoms with Crippen molar-refractivity contribution in [2.24, 2.45) is 5.92 Å². The number of aliphatic carboxylic acids is 1. The number of halogens is 2. The van der Waals surface area contributed by atoms with Crippen LogP contribution in [0.5, 0.6) is 0 Å². The van der Waals surface area contributed by atoms with E-state index in [-0.39, 0.29) is 6.42 Å². The minimum absolute atomic E-state index is 0.157. The standard InChI is InChI=1S/C10H17F2NO3/c1-6(2)3-4-9(14)13-7(10(15)16)5-8(11)12/h6-8H,3-5H2,1-2H3,(H,13,14)(H,15,16). The fraction of sp³-hybridized carbons (Fsp3) is 0.800. The molecule has 0 heterocycles. The Morgan fingerprint density at radius 1 is 1.31 bits per heavy atom. The molecule has 1 amide bonds. The highest BCUT2D eigenvalue weighted by molar-refractivity contribution is 5.83. The van der Waals surface area contributed by atoms with E-state index in [9.17, 15) is 18.4 Å². The lowest BCUT2D eigenvalue weighted by atomic mass is 10.1. The second-order valence-electron chi connectivity index (χ2n) is 4.02. The highest BCUT2D eigenvalue weighted by Gasteiger charge is 2.23. The molecule has 0 saturated heterocycles. The predicted octanol–water partition coefficient (Wildman–Crippen LogP) is 1.65. The highest BCUT2D eigenvalue weighted by Crippen LogP contribution is 2.07. The number of amides is 1. The van der Waals surface area contributed by atoms with E-state index in [4.69, 9.17) is 5.11 Å². The molecule has 4 nitrogen and oxygen atoms in total. The van der Waals surface area contributed by atoms with Crippen LogP contribution in [0.2, 0.25) is 0 Å². The Bertz CT molecular complexity index is 244. The van der Waals surface area contributed by atoms with Crippen LogP contribution in [-0.4, -0.2) is 29.5 Å². The molecule has 0 saturated carbocycles. The SMILES string of the molecule is CC(C)CCC(=O)NC(CC(F)F)C(=O)O. The molecule has 0 aliphatic heterocycles. The van der Waals surface area contributed by atoms with Crippen LogP contribution in [0.25, 0.3) is 0 Å². The molecule has 0 aromatic heterocycles. The molecule has 0 rings (SSSR count). The zero-order chi connectivity index (χ0) is 12.7. The second-order valence-corrected chi connectivity index (χ2v) is 4.02. The summed E-state index contributed by atoms with van der Waals surface area (Å²) in [4.78, 5) is 21.8. The van der Waals surface area contributed by atoms with E-state index in [0.717, 1.165) is 0 Å². The first-order valence-corrected chi connectivity index (χ1v) is 5.13. The maximum atomic E-state index is 12.0. The molecule has 0 aromatic rings. The quantitative estimate of drug-likeness (QED) is 0.707. The summed E-state index contributed by atoms with van der Waals surface area (Å²) in [6, 6.07) is -1.50. The molecular formula is C10H17F2NO3. The smallest absolute Gasteiger partial charge is 0.326 e. The van der Waals surface area contributed by atoms with Crippen molar-refractivity contribution < 1.29 is 23.5 Å². The number of hydrogen-bond donors (Lipinski definition) is 2. The van der Waals surface area contributed by atoms with Gasteiger partial charge in [-0.3, -0.25) is 4.79 Å². The normalized spacial score (nSPS) is 12.9. The second kappa shape index (κ2) is 7.14. The summed E-state index contributed by atoms with van der Waals surface area (Å²) in [6.07, 6.45) is -2.84. The largest absolute Gasteiger partial charge is 0.480 e. The van der Waals surface area contributed by atoms with Gasteiger partial charge in [0.2, 0.25) is 12.3 Å². The summed E-state index contributed by atoms with van der Waals surface area (Å²) < 4.78 is 24.0. The zero-order valence-electron chi connectivity index (χ0n) is 9.37. The Labute approximate surface area is 93.0 Å². The van der Waals surface area contributed by atoms with E-state index in [1.807, 2.05) is 13.8 Å².